The van der Waals surface area contributed by atoms with Crippen molar-refractivity contribution in [2.75, 3.05) is 18.0 Å². The number of aromatic nitrogens is 3. The molecule has 3 saturated heterocycles. The monoisotopic (exact) mass is 419 g/mol. The van der Waals surface area contributed by atoms with E-state index in [-0.39, 0.29) is 10.8 Å². The lowest BCUT2D eigenvalue weighted by atomic mass is 9.93. The molecule has 0 unspecified atom stereocenters. The van der Waals surface area contributed by atoms with Crippen LogP contribution in [0, 0.1) is 6.92 Å². The number of thioether (sulfide) groups is 1. The minimum Gasteiger partial charge on any atom is -0.356 e. The Kier molecular flexibility index (Phi) is 4.10. The lowest BCUT2D eigenvalue weighted by Crippen LogP contribution is -2.48. The summed E-state index contributed by atoms with van der Waals surface area (Å²) in [6.07, 6.45) is 7.66. The van der Waals surface area contributed by atoms with Crippen LogP contribution in [0.1, 0.15) is 42.9 Å². The Hall–Kier alpha value is -2.54. The van der Waals surface area contributed by atoms with Gasteiger partial charge in [-0.15, -0.1) is 11.8 Å². The number of aryl methyl sites for hydroxylation is 1. The average Bonchev–Trinajstić information content (AvgIpc) is 3.44. The van der Waals surface area contributed by atoms with Gasteiger partial charge in [-0.3, -0.25) is 4.79 Å². The van der Waals surface area contributed by atoms with Gasteiger partial charge >= 0.3 is 0 Å². The molecular weight excluding hydrogens is 394 g/mol. The molecule has 1 aromatic carbocycles. The third-order valence-corrected chi connectivity index (χ3v) is 8.73. The summed E-state index contributed by atoms with van der Waals surface area (Å²) in [7, 11) is 0. The van der Waals surface area contributed by atoms with Gasteiger partial charge in [-0.2, -0.15) is 9.61 Å². The molecule has 30 heavy (non-hydrogen) atoms. The molecule has 0 radical (unpaired) electrons. The van der Waals surface area contributed by atoms with Gasteiger partial charge < -0.3 is 9.80 Å². The van der Waals surface area contributed by atoms with E-state index < -0.39 is 0 Å². The fraction of sp³-hybridized carbons (Fsp3) is 0.435. The number of nitrogens with zero attached hydrogens (tertiary/aromatic N) is 5. The zero-order valence-electron chi connectivity index (χ0n) is 17.1. The SMILES string of the molecule is Cc1cnn2c(N3CCC4(CC3)S[C@@H]3CC[C@@H](c5ccccc5)N3C4=O)ccnc12. The zero-order valence-corrected chi connectivity index (χ0v) is 17.9. The maximum Gasteiger partial charge on any atom is 0.240 e. The zero-order chi connectivity index (χ0) is 20.3. The van der Waals surface area contributed by atoms with Crippen LogP contribution in [-0.2, 0) is 4.79 Å². The van der Waals surface area contributed by atoms with Gasteiger partial charge in [0, 0.05) is 24.8 Å². The molecule has 7 heteroatoms. The molecule has 2 aromatic heterocycles. The maximum absolute atomic E-state index is 13.7. The van der Waals surface area contributed by atoms with Crippen molar-refractivity contribution < 1.29 is 4.79 Å². The molecule has 0 N–H and O–H groups in total. The van der Waals surface area contributed by atoms with Crippen molar-refractivity contribution in [3.63, 3.8) is 0 Å². The molecule has 2 atom stereocenters. The Morgan fingerprint density at radius 2 is 1.90 bits per heavy atom. The standard InChI is InChI=1S/C23H25N5OS/c1-16-15-25-28-19(9-12-24-21(16)28)26-13-10-23(11-14-26)22(29)27-18(7-8-20(27)30-23)17-5-3-2-4-6-17/h2-6,9,12,15,18,20H,7-8,10-11,13-14H2,1H3/t18-,20+/m0/s1. The van der Waals surface area contributed by atoms with Crippen LogP contribution in [0.2, 0.25) is 0 Å². The van der Waals surface area contributed by atoms with Gasteiger partial charge in [-0.1, -0.05) is 30.3 Å². The van der Waals surface area contributed by atoms with Crippen molar-refractivity contribution in [1.29, 1.82) is 0 Å². The minimum atomic E-state index is -0.263. The van der Waals surface area contributed by atoms with Crippen LogP contribution >= 0.6 is 11.8 Å². The molecule has 0 aliphatic carbocycles. The van der Waals surface area contributed by atoms with Gasteiger partial charge in [0.25, 0.3) is 0 Å². The highest BCUT2D eigenvalue weighted by molar-refractivity contribution is 8.02. The molecule has 5 heterocycles. The van der Waals surface area contributed by atoms with Crippen LogP contribution in [-0.4, -0.2) is 48.6 Å². The number of carbonyl (C=O) groups excluding carboxylic acids is 1. The third-order valence-electron chi connectivity index (χ3n) is 6.96. The van der Waals surface area contributed by atoms with Gasteiger partial charge in [-0.05, 0) is 44.2 Å². The largest absolute Gasteiger partial charge is 0.356 e. The van der Waals surface area contributed by atoms with Crippen LogP contribution < -0.4 is 4.90 Å². The van der Waals surface area contributed by atoms with Crippen molar-refractivity contribution >= 4 is 29.1 Å². The first-order chi connectivity index (χ1) is 14.7. The predicted octanol–water partition coefficient (Wildman–Crippen LogP) is 3.81. The Bertz CT molecular complexity index is 1110. The first-order valence-corrected chi connectivity index (χ1v) is 11.6. The molecule has 0 bridgehead atoms. The highest BCUT2D eigenvalue weighted by Crippen LogP contribution is 2.55. The Balaban J connectivity index is 1.23. The van der Waals surface area contributed by atoms with Crippen LogP contribution in [0.15, 0.2) is 48.8 Å². The maximum atomic E-state index is 13.7. The molecular formula is C23H25N5OS. The van der Waals surface area contributed by atoms with E-state index in [9.17, 15) is 4.79 Å². The molecule has 1 spiro atoms. The van der Waals surface area contributed by atoms with E-state index in [2.05, 4.69) is 44.1 Å². The first kappa shape index (κ1) is 18.2. The second-order valence-electron chi connectivity index (χ2n) is 8.64. The molecule has 0 saturated carbocycles. The molecule has 3 aromatic rings. The van der Waals surface area contributed by atoms with Crippen LogP contribution in [0.5, 0.6) is 0 Å². The minimum absolute atomic E-state index is 0.237. The topological polar surface area (TPSA) is 53.7 Å². The van der Waals surface area contributed by atoms with E-state index in [4.69, 9.17) is 0 Å². The lowest BCUT2D eigenvalue weighted by Gasteiger charge is -2.38. The smallest absolute Gasteiger partial charge is 0.240 e. The summed E-state index contributed by atoms with van der Waals surface area (Å²) in [5.74, 6) is 1.43. The van der Waals surface area contributed by atoms with Crippen molar-refractivity contribution in [3.8, 4) is 0 Å². The highest BCUT2D eigenvalue weighted by Gasteiger charge is 2.57. The van der Waals surface area contributed by atoms with E-state index in [0.717, 1.165) is 55.8 Å². The van der Waals surface area contributed by atoms with Crippen LogP contribution in [0.3, 0.4) is 0 Å². The van der Waals surface area contributed by atoms with Gasteiger partial charge in [-0.25, -0.2) is 4.98 Å². The van der Waals surface area contributed by atoms with Crippen LogP contribution in [0.4, 0.5) is 5.82 Å². The number of hydrogen-bond acceptors (Lipinski definition) is 5. The van der Waals surface area contributed by atoms with E-state index >= 15 is 0 Å². The number of benzene rings is 1. The van der Waals surface area contributed by atoms with Crippen molar-refractivity contribution in [1.82, 2.24) is 19.5 Å². The molecule has 6 nitrogen and oxygen atoms in total. The van der Waals surface area contributed by atoms with Crippen molar-refractivity contribution in [3.05, 3.63) is 59.9 Å². The van der Waals surface area contributed by atoms with Gasteiger partial charge in [0.15, 0.2) is 5.65 Å². The molecule has 3 fully saturated rings. The van der Waals surface area contributed by atoms with Gasteiger partial charge in [0.2, 0.25) is 5.91 Å². The fourth-order valence-corrected chi connectivity index (χ4v) is 7.13. The molecule has 1 amide bonds. The second-order valence-corrected chi connectivity index (χ2v) is 10.2. The summed E-state index contributed by atoms with van der Waals surface area (Å²) in [5.41, 5.74) is 3.27. The summed E-state index contributed by atoms with van der Waals surface area (Å²) in [6.45, 7) is 3.77. The van der Waals surface area contributed by atoms with Gasteiger partial charge in [0.1, 0.15) is 10.6 Å². The predicted molar refractivity (Wildman–Crippen MR) is 119 cm³/mol. The van der Waals surface area contributed by atoms with E-state index in [1.807, 2.05) is 47.7 Å². The first-order valence-electron chi connectivity index (χ1n) is 10.8. The van der Waals surface area contributed by atoms with E-state index in [1.54, 1.807) is 0 Å². The molecule has 3 aliphatic rings. The Morgan fingerprint density at radius 1 is 1.10 bits per heavy atom. The number of fused-ring (bicyclic) bond motifs is 2. The molecule has 3 aliphatic heterocycles. The number of hydrogen-bond donors (Lipinski definition) is 0. The number of rotatable bonds is 2. The average molecular weight is 420 g/mol. The second kappa shape index (κ2) is 6.74. The van der Waals surface area contributed by atoms with Crippen LogP contribution in [0.25, 0.3) is 5.65 Å². The fourth-order valence-electron chi connectivity index (χ4n) is 5.38. The number of anilines is 1. The molecule has 154 valence electrons. The summed E-state index contributed by atoms with van der Waals surface area (Å²) < 4.78 is 1.67. The Labute approximate surface area is 180 Å². The summed E-state index contributed by atoms with van der Waals surface area (Å²) in [5, 5.41) is 4.85. The van der Waals surface area contributed by atoms with Gasteiger partial charge in [0.05, 0.1) is 17.6 Å². The van der Waals surface area contributed by atoms with Crippen molar-refractivity contribution in [2.45, 2.75) is 48.8 Å². The summed E-state index contributed by atoms with van der Waals surface area (Å²) in [4.78, 5) is 22.7. The number of piperidine rings is 1. The number of carbonyl (C=O) groups is 1. The highest BCUT2D eigenvalue weighted by atomic mass is 32.2. The lowest BCUT2D eigenvalue weighted by molar-refractivity contribution is -0.134. The third kappa shape index (κ3) is 2.61. The van der Waals surface area contributed by atoms with E-state index in [0.29, 0.717) is 11.3 Å². The summed E-state index contributed by atoms with van der Waals surface area (Å²) >= 11 is 1.93. The number of amides is 1. The molecule has 6 rings (SSSR count). The summed E-state index contributed by atoms with van der Waals surface area (Å²) in [6, 6.07) is 12.8. The quantitative estimate of drug-likeness (QED) is 0.632. The van der Waals surface area contributed by atoms with E-state index in [1.165, 1.54) is 5.56 Å². The van der Waals surface area contributed by atoms with Crippen molar-refractivity contribution in [2.24, 2.45) is 0 Å². The Morgan fingerprint density at radius 3 is 2.70 bits per heavy atom. The normalized spacial score (nSPS) is 25.4.